The van der Waals surface area contributed by atoms with E-state index in [0.717, 1.165) is 34.1 Å². The van der Waals surface area contributed by atoms with E-state index in [1.54, 1.807) is 16.2 Å². The van der Waals surface area contributed by atoms with Gasteiger partial charge in [0.25, 0.3) is 5.91 Å². The zero-order valence-corrected chi connectivity index (χ0v) is 16.3. The van der Waals surface area contributed by atoms with Crippen molar-refractivity contribution < 1.29 is 14.3 Å². The van der Waals surface area contributed by atoms with Crippen LogP contribution in [-0.2, 0) is 16.1 Å². The van der Waals surface area contributed by atoms with E-state index in [-0.39, 0.29) is 17.8 Å². The van der Waals surface area contributed by atoms with Crippen molar-refractivity contribution in [3.63, 3.8) is 0 Å². The Morgan fingerprint density at radius 3 is 2.92 bits per heavy atom. The zero-order valence-electron chi connectivity index (χ0n) is 13.9. The number of rotatable bonds is 4. The normalized spacial score (nSPS) is 18.1. The first kappa shape index (κ1) is 17.5. The smallest absolute Gasteiger partial charge is 0.310 e. The predicted octanol–water partition coefficient (Wildman–Crippen LogP) is 3.90. The molecule has 0 N–H and O–H groups in total. The fourth-order valence-electron chi connectivity index (χ4n) is 3.31. The minimum atomic E-state index is -0.208. The highest BCUT2D eigenvalue weighted by atomic mass is 79.9. The van der Waals surface area contributed by atoms with Gasteiger partial charge in [-0.2, -0.15) is 0 Å². The van der Waals surface area contributed by atoms with Crippen molar-refractivity contribution >= 4 is 49.4 Å². The standard InChI is InChI=1S/C17H21BrN2O3S/c1-3-20-13(8-14-15(20)12(18)10-24-14)16(21)19-7-5-6-11(9-19)17(22)23-4-2/h8,10-11H,3-7,9H2,1-2H3. The number of nitrogens with zero attached hydrogens (tertiary/aromatic N) is 2. The molecule has 0 saturated carbocycles. The van der Waals surface area contributed by atoms with Crippen LogP contribution in [0.3, 0.4) is 0 Å². The second-order valence-corrected chi connectivity index (χ2v) is 7.68. The molecule has 0 aliphatic carbocycles. The Morgan fingerprint density at radius 2 is 2.21 bits per heavy atom. The van der Waals surface area contributed by atoms with Gasteiger partial charge in [0.05, 0.1) is 27.2 Å². The number of hydrogen-bond donors (Lipinski definition) is 0. The lowest BCUT2D eigenvalue weighted by atomic mass is 9.98. The lowest BCUT2D eigenvalue weighted by Gasteiger charge is -2.31. The maximum atomic E-state index is 13.0. The third kappa shape index (κ3) is 3.11. The van der Waals surface area contributed by atoms with Crippen LogP contribution >= 0.6 is 27.3 Å². The second-order valence-electron chi connectivity index (χ2n) is 5.91. The lowest BCUT2D eigenvalue weighted by Crippen LogP contribution is -2.43. The molecule has 3 heterocycles. The molecule has 2 aromatic heterocycles. The fraction of sp³-hybridized carbons (Fsp3) is 0.529. The summed E-state index contributed by atoms with van der Waals surface area (Å²) in [5.74, 6) is -0.397. The zero-order chi connectivity index (χ0) is 17.3. The number of hydrogen-bond acceptors (Lipinski definition) is 4. The van der Waals surface area contributed by atoms with Gasteiger partial charge in [0, 0.05) is 25.0 Å². The summed E-state index contributed by atoms with van der Waals surface area (Å²) in [5.41, 5.74) is 1.77. The molecule has 1 amide bonds. The number of thiophene rings is 1. The van der Waals surface area contributed by atoms with Gasteiger partial charge in [0.2, 0.25) is 0 Å². The Hall–Kier alpha value is -1.34. The highest BCUT2D eigenvalue weighted by molar-refractivity contribution is 9.10. The van der Waals surface area contributed by atoms with Gasteiger partial charge < -0.3 is 14.2 Å². The number of carbonyl (C=O) groups is 2. The molecule has 0 spiro atoms. The minimum absolute atomic E-state index is 0.00106. The van der Waals surface area contributed by atoms with Gasteiger partial charge in [0.1, 0.15) is 5.69 Å². The molecule has 0 bridgehead atoms. The lowest BCUT2D eigenvalue weighted by molar-refractivity contribution is -0.149. The molecule has 1 fully saturated rings. The van der Waals surface area contributed by atoms with Gasteiger partial charge >= 0.3 is 5.97 Å². The maximum Gasteiger partial charge on any atom is 0.310 e. The third-order valence-corrected chi connectivity index (χ3v) is 6.27. The Labute approximate surface area is 153 Å². The van der Waals surface area contributed by atoms with E-state index in [2.05, 4.69) is 15.9 Å². The minimum Gasteiger partial charge on any atom is -0.466 e. The van der Waals surface area contributed by atoms with Crippen LogP contribution in [0.5, 0.6) is 0 Å². The van der Waals surface area contributed by atoms with Crippen molar-refractivity contribution in [2.24, 2.45) is 5.92 Å². The van der Waals surface area contributed by atoms with E-state index in [9.17, 15) is 9.59 Å². The van der Waals surface area contributed by atoms with Crippen LogP contribution in [0, 0.1) is 5.92 Å². The van der Waals surface area contributed by atoms with Crippen molar-refractivity contribution in [1.82, 2.24) is 9.47 Å². The monoisotopic (exact) mass is 412 g/mol. The molecule has 3 rings (SSSR count). The Kier molecular flexibility index (Phi) is 5.30. The summed E-state index contributed by atoms with van der Waals surface area (Å²) >= 11 is 5.19. The first-order valence-electron chi connectivity index (χ1n) is 8.28. The van der Waals surface area contributed by atoms with Gasteiger partial charge in [-0.15, -0.1) is 11.3 Å². The molecule has 24 heavy (non-hydrogen) atoms. The summed E-state index contributed by atoms with van der Waals surface area (Å²) in [4.78, 5) is 26.8. The average Bonchev–Trinajstić information content (AvgIpc) is 3.14. The van der Waals surface area contributed by atoms with Gasteiger partial charge in [0.15, 0.2) is 0 Å². The van der Waals surface area contributed by atoms with Gasteiger partial charge in [-0.1, -0.05) is 0 Å². The maximum absolute atomic E-state index is 13.0. The summed E-state index contributed by atoms with van der Waals surface area (Å²) < 4.78 is 9.30. The molecular weight excluding hydrogens is 392 g/mol. The molecule has 130 valence electrons. The molecule has 5 nitrogen and oxygen atoms in total. The molecule has 0 radical (unpaired) electrons. The van der Waals surface area contributed by atoms with E-state index in [1.165, 1.54) is 0 Å². The van der Waals surface area contributed by atoms with Crippen LogP contribution < -0.4 is 0 Å². The Morgan fingerprint density at radius 1 is 1.42 bits per heavy atom. The largest absolute Gasteiger partial charge is 0.466 e. The molecule has 1 atom stereocenters. The van der Waals surface area contributed by atoms with Crippen LogP contribution in [0.15, 0.2) is 15.9 Å². The van der Waals surface area contributed by atoms with Crippen LogP contribution in [0.25, 0.3) is 10.2 Å². The van der Waals surface area contributed by atoms with Crippen molar-refractivity contribution in [2.75, 3.05) is 19.7 Å². The number of amides is 1. The average molecular weight is 413 g/mol. The molecule has 7 heteroatoms. The first-order chi connectivity index (χ1) is 11.6. The van der Waals surface area contributed by atoms with E-state index in [1.807, 2.05) is 29.9 Å². The summed E-state index contributed by atoms with van der Waals surface area (Å²) in [6.45, 7) is 6.10. The van der Waals surface area contributed by atoms with Gasteiger partial charge in [-0.3, -0.25) is 9.59 Å². The summed E-state index contributed by atoms with van der Waals surface area (Å²) in [7, 11) is 0. The second kappa shape index (κ2) is 7.27. The SMILES string of the molecule is CCOC(=O)C1CCCN(C(=O)c2cc3scc(Br)c3n2CC)C1. The number of carbonyl (C=O) groups excluding carboxylic acids is 2. The molecule has 1 aliphatic heterocycles. The number of fused-ring (bicyclic) bond motifs is 1. The molecular formula is C17H21BrN2O3S. The first-order valence-corrected chi connectivity index (χ1v) is 9.96. The number of piperidine rings is 1. The molecule has 2 aromatic rings. The Balaban J connectivity index is 1.85. The highest BCUT2D eigenvalue weighted by Crippen LogP contribution is 2.34. The molecule has 1 saturated heterocycles. The number of aromatic nitrogens is 1. The Bertz CT molecular complexity index is 767. The van der Waals surface area contributed by atoms with Crippen LogP contribution in [0.1, 0.15) is 37.2 Å². The third-order valence-electron chi connectivity index (χ3n) is 4.44. The van der Waals surface area contributed by atoms with Crippen molar-refractivity contribution in [3.8, 4) is 0 Å². The molecule has 1 unspecified atom stereocenters. The van der Waals surface area contributed by atoms with Crippen LogP contribution in [0.4, 0.5) is 0 Å². The quantitative estimate of drug-likeness (QED) is 0.715. The molecule has 1 aliphatic rings. The molecule has 0 aromatic carbocycles. The summed E-state index contributed by atoms with van der Waals surface area (Å²) in [6.07, 6.45) is 1.62. The topological polar surface area (TPSA) is 51.5 Å². The van der Waals surface area contributed by atoms with E-state index in [4.69, 9.17) is 4.74 Å². The summed E-state index contributed by atoms with van der Waals surface area (Å²) in [5, 5.41) is 2.04. The number of esters is 1. The van der Waals surface area contributed by atoms with Crippen LogP contribution in [-0.4, -0.2) is 41.0 Å². The van der Waals surface area contributed by atoms with E-state index in [0.29, 0.717) is 25.4 Å². The summed E-state index contributed by atoms with van der Waals surface area (Å²) in [6, 6.07) is 1.96. The predicted molar refractivity (Wildman–Crippen MR) is 98.4 cm³/mol. The van der Waals surface area contributed by atoms with Crippen molar-refractivity contribution in [1.29, 1.82) is 0 Å². The van der Waals surface area contributed by atoms with Crippen LogP contribution in [0.2, 0.25) is 0 Å². The van der Waals surface area contributed by atoms with E-state index >= 15 is 0 Å². The van der Waals surface area contributed by atoms with Gasteiger partial charge in [-0.25, -0.2) is 0 Å². The number of halogens is 1. The van der Waals surface area contributed by atoms with Crippen molar-refractivity contribution in [2.45, 2.75) is 33.2 Å². The fourth-order valence-corrected chi connectivity index (χ4v) is 5.01. The van der Waals surface area contributed by atoms with Crippen molar-refractivity contribution in [3.05, 3.63) is 21.6 Å². The van der Waals surface area contributed by atoms with E-state index < -0.39 is 0 Å². The highest BCUT2D eigenvalue weighted by Gasteiger charge is 2.31. The number of likely N-dealkylation sites (tertiary alicyclic amines) is 1. The number of ether oxygens (including phenoxy) is 1. The van der Waals surface area contributed by atoms with Gasteiger partial charge in [-0.05, 0) is 48.7 Å². The number of aryl methyl sites for hydroxylation is 1.